The molecule has 3 rings (SSSR count). The highest BCUT2D eigenvalue weighted by Crippen LogP contribution is 2.39. The van der Waals surface area contributed by atoms with Gasteiger partial charge in [-0.15, -0.1) is 0 Å². The van der Waals surface area contributed by atoms with Crippen molar-refractivity contribution in [2.24, 2.45) is 0 Å². The normalized spacial score (nSPS) is 17.3. The summed E-state index contributed by atoms with van der Waals surface area (Å²) >= 11 is 0. The number of carbonyl (C=O) groups is 1. The van der Waals surface area contributed by atoms with Crippen LogP contribution in [0.2, 0.25) is 0 Å². The number of rotatable bonds is 9. The zero-order valence-electron chi connectivity index (χ0n) is 15.7. The highest BCUT2D eigenvalue weighted by molar-refractivity contribution is 8.77. The Hall–Kier alpha value is -1.14. The third-order valence-corrected chi connectivity index (χ3v) is 7.77. The van der Waals surface area contributed by atoms with E-state index in [2.05, 4.69) is 41.9 Å². The van der Waals surface area contributed by atoms with Gasteiger partial charge >= 0.3 is 0 Å². The number of hydrogen-bond acceptors (Lipinski definition) is 4. The Morgan fingerprint density at radius 3 is 2.96 bits per heavy atom. The average Bonchev–Trinajstić information content (AvgIpc) is 3.25. The summed E-state index contributed by atoms with van der Waals surface area (Å²) in [5, 5.41) is 3.88. The molecule has 4 nitrogen and oxygen atoms in total. The SMILES string of the molecule is CC(C)n1c(CCNC(=O)CCCC[C@H]2CCSS2)nc2ccccc21. The van der Waals surface area contributed by atoms with Gasteiger partial charge in [-0.05, 0) is 45.2 Å². The van der Waals surface area contributed by atoms with E-state index in [1.54, 1.807) is 0 Å². The second-order valence-corrected chi connectivity index (χ2v) is 9.94. The molecule has 1 aromatic carbocycles. The fourth-order valence-electron chi connectivity index (χ4n) is 3.47. The van der Waals surface area contributed by atoms with Crippen molar-refractivity contribution in [2.45, 2.75) is 63.7 Å². The average molecular weight is 392 g/mol. The molecule has 1 fully saturated rings. The van der Waals surface area contributed by atoms with E-state index in [4.69, 9.17) is 4.98 Å². The Labute approximate surface area is 164 Å². The first-order valence-electron chi connectivity index (χ1n) is 9.66. The summed E-state index contributed by atoms with van der Waals surface area (Å²) in [6, 6.07) is 8.61. The van der Waals surface area contributed by atoms with E-state index in [1.165, 1.54) is 24.1 Å². The lowest BCUT2D eigenvalue weighted by Crippen LogP contribution is -2.26. The second kappa shape index (κ2) is 9.70. The van der Waals surface area contributed by atoms with Crippen molar-refractivity contribution in [1.29, 1.82) is 0 Å². The summed E-state index contributed by atoms with van der Waals surface area (Å²) < 4.78 is 2.28. The van der Waals surface area contributed by atoms with E-state index in [9.17, 15) is 4.79 Å². The van der Waals surface area contributed by atoms with Gasteiger partial charge < -0.3 is 9.88 Å². The number of aromatic nitrogens is 2. The lowest BCUT2D eigenvalue weighted by Gasteiger charge is -2.13. The lowest BCUT2D eigenvalue weighted by molar-refractivity contribution is -0.121. The van der Waals surface area contributed by atoms with Gasteiger partial charge in [0.05, 0.1) is 11.0 Å². The summed E-state index contributed by atoms with van der Waals surface area (Å²) in [5.41, 5.74) is 2.21. The quantitative estimate of drug-likeness (QED) is 0.483. The molecule has 142 valence electrons. The standard InChI is InChI=1S/C20H29N3OS2/c1-15(2)23-18-9-5-4-8-17(18)22-19(23)11-13-21-20(24)10-6-3-7-16-12-14-25-26-16/h4-5,8-9,15-16H,3,6-7,10-14H2,1-2H3,(H,21,24)/t16-/m0/s1. The predicted octanol–water partition coefficient (Wildman–Crippen LogP) is 4.99. The molecule has 2 heterocycles. The largest absolute Gasteiger partial charge is 0.356 e. The van der Waals surface area contributed by atoms with Crippen LogP contribution in [0.3, 0.4) is 0 Å². The van der Waals surface area contributed by atoms with Gasteiger partial charge in [0, 0.05) is 36.4 Å². The van der Waals surface area contributed by atoms with Crippen LogP contribution in [0.1, 0.15) is 57.8 Å². The minimum atomic E-state index is 0.172. The molecule has 1 aliphatic rings. The molecule has 1 aliphatic heterocycles. The molecule has 0 aliphatic carbocycles. The number of carbonyl (C=O) groups excluding carboxylic acids is 1. The molecule has 1 saturated heterocycles. The first-order valence-corrected chi connectivity index (χ1v) is 12.0. The zero-order chi connectivity index (χ0) is 18.4. The molecule has 1 N–H and O–H groups in total. The Kier molecular flexibility index (Phi) is 7.32. The molecule has 6 heteroatoms. The molecule has 26 heavy (non-hydrogen) atoms. The van der Waals surface area contributed by atoms with Crippen LogP contribution in [0.15, 0.2) is 24.3 Å². The molecule has 1 amide bonds. The van der Waals surface area contributed by atoms with Crippen LogP contribution in [-0.2, 0) is 11.2 Å². The summed E-state index contributed by atoms with van der Waals surface area (Å²) in [6.07, 6.45) is 6.16. The molecule has 1 aromatic heterocycles. The smallest absolute Gasteiger partial charge is 0.220 e. The maximum atomic E-state index is 12.1. The lowest BCUT2D eigenvalue weighted by atomic mass is 10.1. The van der Waals surface area contributed by atoms with Crippen LogP contribution in [0, 0.1) is 0 Å². The van der Waals surface area contributed by atoms with E-state index in [0.717, 1.165) is 35.9 Å². The highest BCUT2D eigenvalue weighted by Gasteiger charge is 2.16. The Bertz CT molecular complexity index is 723. The summed E-state index contributed by atoms with van der Waals surface area (Å²) in [6.45, 7) is 5.01. The summed E-state index contributed by atoms with van der Waals surface area (Å²) in [7, 11) is 4.01. The fourth-order valence-corrected chi connectivity index (χ4v) is 6.50. The van der Waals surface area contributed by atoms with Gasteiger partial charge in [0.2, 0.25) is 5.91 Å². The second-order valence-electron chi connectivity index (χ2n) is 7.16. The maximum Gasteiger partial charge on any atom is 0.220 e. The number of fused-ring (bicyclic) bond motifs is 1. The van der Waals surface area contributed by atoms with Crippen molar-refractivity contribution in [2.75, 3.05) is 12.3 Å². The number of hydrogen-bond donors (Lipinski definition) is 1. The Balaban J connectivity index is 1.42. The third-order valence-electron chi connectivity index (χ3n) is 4.76. The number of benzene rings is 1. The minimum Gasteiger partial charge on any atom is -0.356 e. The first kappa shape index (κ1) is 19.6. The van der Waals surface area contributed by atoms with Gasteiger partial charge in [-0.3, -0.25) is 4.79 Å². The first-order chi connectivity index (χ1) is 12.6. The van der Waals surface area contributed by atoms with E-state index in [-0.39, 0.29) is 5.91 Å². The number of nitrogens with one attached hydrogen (secondary N) is 1. The molecule has 0 saturated carbocycles. The van der Waals surface area contributed by atoms with Gasteiger partial charge in [-0.25, -0.2) is 4.98 Å². The van der Waals surface area contributed by atoms with Crippen molar-refractivity contribution in [3.63, 3.8) is 0 Å². The van der Waals surface area contributed by atoms with Gasteiger partial charge in [0.1, 0.15) is 5.82 Å². The number of para-hydroxylation sites is 2. The molecular formula is C20H29N3OS2. The highest BCUT2D eigenvalue weighted by atomic mass is 33.1. The van der Waals surface area contributed by atoms with Crippen LogP contribution >= 0.6 is 21.6 Å². The fraction of sp³-hybridized carbons (Fsp3) is 0.600. The predicted molar refractivity (Wildman–Crippen MR) is 114 cm³/mol. The van der Waals surface area contributed by atoms with Crippen molar-refractivity contribution < 1.29 is 4.79 Å². The van der Waals surface area contributed by atoms with Gasteiger partial charge in [0.25, 0.3) is 0 Å². The molecule has 2 aromatic rings. The Morgan fingerprint density at radius 1 is 1.35 bits per heavy atom. The molecule has 0 radical (unpaired) electrons. The van der Waals surface area contributed by atoms with Gasteiger partial charge in [0.15, 0.2) is 0 Å². The van der Waals surface area contributed by atoms with Crippen LogP contribution in [-0.4, -0.2) is 33.0 Å². The van der Waals surface area contributed by atoms with Crippen molar-refractivity contribution >= 4 is 38.5 Å². The molecule has 0 bridgehead atoms. The number of amides is 1. The topological polar surface area (TPSA) is 46.9 Å². The summed E-state index contributed by atoms with van der Waals surface area (Å²) in [4.78, 5) is 16.8. The zero-order valence-corrected chi connectivity index (χ0v) is 17.4. The van der Waals surface area contributed by atoms with Gasteiger partial charge in [-0.1, -0.05) is 40.1 Å². The van der Waals surface area contributed by atoms with Crippen LogP contribution < -0.4 is 5.32 Å². The van der Waals surface area contributed by atoms with Crippen LogP contribution in [0.4, 0.5) is 0 Å². The van der Waals surface area contributed by atoms with E-state index < -0.39 is 0 Å². The van der Waals surface area contributed by atoms with Crippen molar-refractivity contribution in [1.82, 2.24) is 14.9 Å². The molecule has 0 spiro atoms. The molecular weight excluding hydrogens is 362 g/mol. The van der Waals surface area contributed by atoms with Crippen LogP contribution in [0.25, 0.3) is 11.0 Å². The number of unbranched alkanes of at least 4 members (excludes halogenated alkanes) is 1. The van der Waals surface area contributed by atoms with Crippen molar-refractivity contribution in [3.8, 4) is 0 Å². The van der Waals surface area contributed by atoms with E-state index >= 15 is 0 Å². The number of nitrogens with zero attached hydrogens (tertiary/aromatic N) is 2. The molecule has 0 unspecified atom stereocenters. The Morgan fingerprint density at radius 2 is 2.19 bits per heavy atom. The van der Waals surface area contributed by atoms with E-state index in [1.807, 2.05) is 27.7 Å². The van der Waals surface area contributed by atoms with Gasteiger partial charge in [-0.2, -0.15) is 0 Å². The van der Waals surface area contributed by atoms with Crippen molar-refractivity contribution in [3.05, 3.63) is 30.1 Å². The van der Waals surface area contributed by atoms with Crippen LogP contribution in [0.5, 0.6) is 0 Å². The maximum absolute atomic E-state index is 12.1. The van der Waals surface area contributed by atoms with E-state index in [0.29, 0.717) is 19.0 Å². The number of imidazole rings is 1. The monoisotopic (exact) mass is 391 g/mol. The molecule has 1 atom stereocenters. The third kappa shape index (κ3) is 5.19. The minimum absolute atomic E-state index is 0.172. The summed E-state index contributed by atoms with van der Waals surface area (Å²) in [5.74, 6) is 2.51.